The second-order valence-corrected chi connectivity index (χ2v) is 6.56. The number of nitrogens with one attached hydrogen (secondary N) is 1. The van der Waals surface area contributed by atoms with Crippen molar-refractivity contribution < 1.29 is 19.5 Å². The van der Waals surface area contributed by atoms with Crippen molar-refractivity contribution in [3.8, 4) is 0 Å². The molecule has 2 amide bonds. The van der Waals surface area contributed by atoms with Crippen molar-refractivity contribution in [2.24, 2.45) is 0 Å². The molecular weight excluding hydrogens is 336 g/mol. The Kier molecular flexibility index (Phi) is 5.20. The monoisotopic (exact) mass is 358 g/mol. The Hall–Kier alpha value is -2.90. The zero-order valence-corrected chi connectivity index (χ0v) is 14.6. The molecular formula is C18H22N4O4. The molecule has 0 spiro atoms. The van der Waals surface area contributed by atoms with Crippen LogP contribution in [0.5, 0.6) is 0 Å². The molecule has 1 aromatic carbocycles. The van der Waals surface area contributed by atoms with Gasteiger partial charge in [0, 0.05) is 31.4 Å². The molecule has 0 unspecified atom stereocenters. The van der Waals surface area contributed by atoms with Crippen LogP contribution in [0.3, 0.4) is 0 Å². The summed E-state index contributed by atoms with van der Waals surface area (Å²) in [6.07, 6.45) is 3.66. The minimum atomic E-state index is -1.02. The predicted octanol–water partition coefficient (Wildman–Crippen LogP) is 1.49. The number of carboxylic acids is 1. The number of para-hydroxylation sites is 1. The molecule has 2 heterocycles. The zero-order chi connectivity index (χ0) is 18.7. The summed E-state index contributed by atoms with van der Waals surface area (Å²) in [4.78, 5) is 39.0. The van der Waals surface area contributed by atoms with Gasteiger partial charge in [-0.25, -0.2) is 0 Å². The van der Waals surface area contributed by atoms with Crippen molar-refractivity contribution in [3.63, 3.8) is 0 Å². The number of aliphatic carboxylic acids is 1. The third kappa shape index (κ3) is 3.68. The number of aromatic nitrogens is 2. The van der Waals surface area contributed by atoms with Gasteiger partial charge >= 0.3 is 5.97 Å². The number of rotatable bonds is 4. The topological polar surface area (TPSA) is 107 Å². The molecule has 1 aromatic heterocycles. The van der Waals surface area contributed by atoms with E-state index in [9.17, 15) is 14.4 Å². The highest BCUT2D eigenvalue weighted by Crippen LogP contribution is 2.22. The molecule has 138 valence electrons. The van der Waals surface area contributed by atoms with Crippen molar-refractivity contribution >= 4 is 28.7 Å². The van der Waals surface area contributed by atoms with Crippen molar-refractivity contribution in [1.29, 1.82) is 0 Å². The first-order valence-corrected chi connectivity index (χ1v) is 8.67. The standard InChI is InChI=1S/C18H22N4O4/c1-12(23)22(11-16(24)25)14-5-3-8-21(9-7-14)18(26)15-6-2-4-13-10-19-20-17(13)15/h2,4,6,10,14H,3,5,7-9,11H2,1H3,(H,19,20)(H,24,25)/t14-/m0/s1. The number of amides is 2. The smallest absolute Gasteiger partial charge is 0.323 e. The second kappa shape index (κ2) is 7.55. The fourth-order valence-electron chi connectivity index (χ4n) is 3.55. The summed E-state index contributed by atoms with van der Waals surface area (Å²) in [7, 11) is 0. The van der Waals surface area contributed by atoms with Gasteiger partial charge in [0.2, 0.25) is 5.91 Å². The molecule has 1 fully saturated rings. The van der Waals surface area contributed by atoms with Gasteiger partial charge in [0.15, 0.2) is 0 Å². The van der Waals surface area contributed by atoms with Crippen molar-refractivity contribution in [2.45, 2.75) is 32.2 Å². The minimum absolute atomic E-state index is 0.0758. The van der Waals surface area contributed by atoms with E-state index in [-0.39, 0.29) is 24.4 Å². The quantitative estimate of drug-likeness (QED) is 0.861. The number of likely N-dealkylation sites (tertiary alicyclic amines) is 1. The summed E-state index contributed by atoms with van der Waals surface area (Å²) in [5, 5.41) is 16.8. The Morgan fingerprint density at radius 2 is 2.12 bits per heavy atom. The maximum absolute atomic E-state index is 13.0. The SMILES string of the molecule is CC(=O)N(CC(=O)O)[C@H]1CCCN(C(=O)c2cccc3cn[nH]c23)CC1. The second-order valence-electron chi connectivity index (χ2n) is 6.56. The summed E-state index contributed by atoms with van der Waals surface area (Å²) in [6, 6.07) is 5.34. The van der Waals surface area contributed by atoms with Gasteiger partial charge < -0.3 is 14.9 Å². The van der Waals surface area contributed by atoms with E-state index in [1.807, 2.05) is 12.1 Å². The van der Waals surface area contributed by atoms with Crippen LogP contribution in [0.4, 0.5) is 0 Å². The molecule has 0 bridgehead atoms. The molecule has 0 radical (unpaired) electrons. The normalized spacial score (nSPS) is 17.7. The third-order valence-corrected chi connectivity index (χ3v) is 4.84. The molecule has 8 heteroatoms. The number of carbonyl (C=O) groups is 3. The molecule has 3 rings (SSSR count). The molecule has 8 nitrogen and oxygen atoms in total. The van der Waals surface area contributed by atoms with Gasteiger partial charge in [0.05, 0.1) is 17.3 Å². The van der Waals surface area contributed by atoms with Gasteiger partial charge in [0.25, 0.3) is 5.91 Å². The van der Waals surface area contributed by atoms with Crippen LogP contribution in [0, 0.1) is 0 Å². The maximum atomic E-state index is 13.0. The Morgan fingerprint density at radius 1 is 1.31 bits per heavy atom. The molecule has 1 aliphatic rings. The number of H-pyrrole nitrogens is 1. The van der Waals surface area contributed by atoms with Crippen molar-refractivity contribution in [1.82, 2.24) is 20.0 Å². The summed E-state index contributed by atoms with van der Waals surface area (Å²) in [5.74, 6) is -1.35. The van der Waals surface area contributed by atoms with Gasteiger partial charge in [-0.3, -0.25) is 19.5 Å². The number of hydrogen-bond donors (Lipinski definition) is 2. The highest BCUT2D eigenvalue weighted by molar-refractivity contribution is 6.05. The molecule has 1 aliphatic heterocycles. The lowest BCUT2D eigenvalue weighted by Gasteiger charge is -2.28. The number of carboxylic acid groups (broad SMARTS) is 1. The van der Waals surface area contributed by atoms with Crippen molar-refractivity contribution in [2.75, 3.05) is 19.6 Å². The van der Waals surface area contributed by atoms with E-state index in [0.717, 1.165) is 17.3 Å². The van der Waals surface area contributed by atoms with E-state index in [1.165, 1.54) is 11.8 Å². The molecule has 1 atom stereocenters. The first-order valence-electron chi connectivity index (χ1n) is 8.67. The molecule has 0 aliphatic carbocycles. The zero-order valence-electron chi connectivity index (χ0n) is 14.6. The van der Waals surface area contributed by atoms with Crippen LogP contribution in [-0.2, 0) is 9.59 Å². The Bertz CT molecular complexity index is 831. The number of benzene rings is 1. The number of aromatic amines is 1. The van der Waals surface area contributed by atoms with Gasteiger partial charge in [-0.05, 0) is 25.3 Å². The largest absolute Gasteiger partial charge is 0.480 e. The highest BCUT2D eigenvalue weighted by Gasteiger charge is 2.28. The molecule has 0 saturated carbocycles. The maximum Gasteiger partial charge on any atom is 0.323 e. The van der Waals surface area contributed by atoms with Gasteiger partial charge in [-0.2, -0.15) is 5.10 Å². The van der Waals surface area contributed by atoms with Gasteiger partial charge in [-0.15, -0.1) is 0 Å². The predicted molar refractivity (Wildman–Crippen MR) is 94.7 cm³/mol. The lowest BCUT2D eigenvalue weighted by Crippen LogP contribution is -2.43. The lowest BCUT2D eigenvalue weighted by atomic mass is 10.1. The van der Waals surface area contributed by atoms with E-state index in [4.69, 9.17) is 5.11 Å². The molecule has 2 N–H and O–H groups in total. The number of fused-ring (bicyclic) bond motifs is 1. The van der Waals surface area contributed by atoms with Crippen LogP contribution < -0.4 is 0 Å². The van der Waals surface area contributed by atoms with Gasteiger partial charge in [-0.1, -0.05) is 12.1 Å². The van der Waals surface area contributed by atoms with Gasteiger partial charge in [0.1, 0.15) is 6.54 Å². The first-order chi connectivity index (χ1) is 12.5. The summed E-state index contributed by atoms with van der Waals surface area (Å²) >= 11 is 0. The van der Waals surface area contributed by atoms with Crippen LogP contribution in [0.25, 0.3) is 10.9 Å². The van der Waals surface area contributed by atoms with E-state index < -0.39 is 5.97 Å². The first kappa shape index (κ1) is 17.9. The number of hydrogen-bond acceptors (Lipinski definition) is 4. The lowest BCUT2D eigenvalue weighted by molar-refractivity contribution is -0.145. The average molecular weight is 358 g/mol. The summed E-state index contributed by atoms with van der Waals surface area (Å²) < 4.78 is 0. The Morgan fingerprint density at radius 3 is 2.85 bits per heavy atom. The van der Waals surface area contributed by atoms with E-state index in [1.54, 1.807) is 17.2 Å². The number of carbonyl (C=O) groups excluding carboxylic acids is 2. The highest BCUT2D eigenvalue weighted by atomic mass is 16.4. The van der Waals surface area contributed by atoms with Crippen LogP contribution in [0.1, 0.15) is 36.5 Å². The van der Waals surface area contributed by atoms with E-state index in [0.29, 0.717) is 31.5 Å². The van der Waals surface area contributed by atoms with Crippen LogP contribution in [0.15, 0.2) is 24.4 Å². The Labute approximate surface area is 150 Å². The Balaban J connectivity index is 1.74. The third-order valence-electron chi connectivity index (χ3n) is 4.84. The van der Waals surface area contributed by atoms with Crippen LogP contribution in [-0.4, -0.2) is 68.6 Å². The average Bonchev–Trinajstić information content (AvgIpc) is 2.95. The van der Waals surface area contributed by atoms with Crippen molar-refractivity contribution in [3.05, 3.63) is 30.0 Å². The molecule has 2 aromatic rings. The number of nitrogens with zero attached hydrogens (tertiary/aromatic N) is 3. The van der Waals surface area contributed by atoms with Crippen LogP contribution >= 0.6 is 0 Å². The van der Waals surface area contributed by atoms with E-state index in [2.05, 4.69) is 10.2 Å². The van der Waals surface area contributed by atoms with Crippen LogP contribution in [0.2, 0.25) is 0 Å². The van der Waals surface area contributed by atoms with E-state index >= 15 is 0 Å². The molecule has 1 saturated heterocycles. The minimum Gasteiger partial charge on any atom is -0.480 e. The fourth-order valence-corrected chi connectivity index (χ4v) is 3.55. The molecule has 26 heavy (non-hydrogen) atoms. The summed E-state index contributed by atoms with van der Waals surface area (Å²) in [5.41, 5.74) is 1.29. The fraction of sp³-hybridized carbons (Fsp3) is 0.444. The summed E-state index contributed by atoms with van der Waals surface area (Å²) in [6.45, 7) is 2.15.